The first-order chi connectivity index (χ1) is 14.0. The van der Waals surface area contributed by atoms with Crippen LogP contribution in [0.2, 0.25) is 0 Å². The Morgan fingerprint density at radius 2 is 1.93 bits per heavy atom. The Kier molecular flexibility index (Phi) is 8.33. The minimum absolute atomic E-state index is 0.0390. The Hall–Kier alpha value is -3.22. The van der Waals surface area contributed by atoms with E-state index in [2.05, 4.69) is 20.9 Å². The molecule has 0 aliphatic carbocycles. The van der Waals surface area contributed by atoms with E-state index in [4.69, 9.17) is 9.47 Å². The zero-order chi connectivity index (χ0) is 21.2. The van der Waals surface area contributed by atoms with Gasteiger partial charge in [-0.2, -0.15) is 0 Å². The maximum atomic E-state index is 11.8. The van der Waals surface area contributed by atoms with Crippen molar-refractivity contribution in [3.8, 4) is 11.5 Å². The van der Waals surface area contributed by atoms with Gasteiger partial charge in [0, 0.05) is 31.8 Å². The summed E-state index contributed by atoms with van der Waals surface area (Å²) in [6.45, 7) is 2.72. The van der Waals surface area contributed by atoms with Crippen molar-refractivity contribution in [3.63, 3.8) is 0 Å². The van der Waals surface area contributed by atoms with Gasteiger partial charge in [-0.1, -0.05) is 12.1 Å². The highest BCUT2D eigenvalue weighted by Crippen LogP contribution is 2.29. The van der Waals surface area contributed by atoms with E-state index in [0.717, 1.165) is 29.0 Å². The number of rotatable bonds is 8. The molecule has 1 unspecified atom stereocenters. The monoisotopic (exact) mass is 398 g/mol. The number of nitrogens with zero attached hydrogens (tertiary/aromatic N) is 1. The lowest BCUT2D eigenvalue weighted by Gasteiger charge is -2.21. The van der Waals surface area contributed by atoms with Crippen molar-refractivity contribution in [1.29, 1.82) is 0 Å². The molecule has 0 heterocycles. The molecule has 2 aromatic carbocycles. The highest BCUT2D eigenvalue weighted by atomic mass is 16.5. The van der Waals surface area contributed by atoms with Crippen molar-refractivity contribution in [2.45, 2.75) is 19.4 Å². The third-order valence-corrected chi connectivity index (χ3v) is 4.60. The molecule has 29 heavy (non-hydrogen) atoms. The predicted octanol–water partition coefficient (Wildman–Crippen LogP) is 2.53. The Morgan fingerprint density at radius 3 is 2.59 bits per heavy atom. The number of aliphatic imine (C=N–C) groups is 1. The number of hydrogen-bond donors (Lipinski definition) is 3. The van der Waals surface area contributed by atoms with Gasteiger partial charge in [0.1, 0.15) is 11.5 Å². The molecule has 0 bridgehead atoms. The quantitative estimate of drug-likeness (QED) is 0.470. The lowest BCUT2D eigenvalue weighted by Crippen LogP contribution is -2.39. The van der Waals surface area contributed by atoms with Gasteiger partial charge in [-0.15, -0.1) is 0 Å². The first kappa shape index (κ1) is 22.1. The van der Waals surface area contributed by atoms with E-state index in [0.29, 0.717) is 18.1 Å². The number of benzene rings is 2. The van der Waals surface area contributed by atoms with E-state index in [-0.39, 0.29) is 11.9 Å². The predicted molar refractivity (Wildman–Crippen MR) is 116 cm³/mol. The van der Waals surface area contributed by atoms with Crippen LogP contribution in [0.25, 0.3) is 0 Å². The van der Waals surface area contributed by atoms with Gasteiger partial charge in [-0.25, -0.2) is 0 Å². The van der Waals surface area contributed by atoms with Crippen LogP contribution < -0.4 is 25.4 Å². The van der Waals surface area contributed by atoms with Crippen molar-refractivity contribution < 1.29 is 14.3 Å². The number of ether oxygens (including phenoxy) is 2. The SMILES string of the molecule is CN=C(NCCc1cccc(C(=O)NC)c1)NC(C)c1cc(OC)ccc1OC. The van der Waals surface area contributed by atoms with Crippen LogP contribution in [0, 0.1) is 0 Å². The van der Waals surface area contributed by atoms with E-state index < -0.39 is 0 Å². The first-order valence-corrected chi connectivity index (χ1v) is 9.52. The largest absolute Gasteiger partial charge is 0.497 e. The van der Waals surface area contributed by atoms with Gasteiger partial charge < -0.3 is 25.4 Å². The number of carbonyl (C=O) groups excluding carboxylic acids is 1. The molecule has 0 aromatic heterocycles. The maximum Gasteiger partial charge on any atom is 0.251 e. The molecule has 7 nitrogen and oxygen atoms in total. The minimum Gasteiger partial charge on any atom is -0.497 e. The molecule has 0 radical (unpaired) electrons. The molecule has 0 aliphatic rings. The van der Waals surface area contributed by atoms with Gasteiger partial charge >= 0.3 is 0 Å². The van der Waals surface area contributed by atoms with E-state index in [9.17, 15) is 4.79 Å². The molecule has 1 amide bonds. The molecule has 1 atom stereocenters. The van der Waals surface area contributed by atoms with Gasteiger partial charge in [0.05, 0.1) is 20.3 Å². The Labute approximate surface area is 172 Å². The lowest BCUT2D eigenvalue weighted by atomic mass is 10.1. The van der Waals surface area contributed by atoms with Crippen LogP contribution in [-0.4, -0.2) is 46.7 Å². The third-order valence-electron chi connectivity index (χ3n) is 4.60. The highest BCUT2D eigenvalue weighted by molar-refractivity contribution is 5.94. The highest BCUT2D eigenvalue weighted by Gasteiger charge is 2.14. The number of hydrogen-bond acceptors (Lipinski definition) is 4. The summed E-state index contributed by atoms with van der Waals surface area (Å²) in [5.74, 6) is 2.16. The smallest absolute Gasteiger partial charge is 0.251 e. The Bertz CT molecular complexity index is 852. The van der Waals surface area contributed by atoms with Crippen LogP contribution in [0.5, 0.6) is 11.5 Å². The van der Waals surface area contributed by atoms with Crippen molar-refractivity contribution in [1.82, 2.24) is 16.0 Å². The molecule has 7 heteroatoms. The van der Waals surface area contributed by atoms with E-state index >= 15 is 0 Å². The average molecular weight is 399 g/mol. The lowest BCUT2D eigenvalue weighted by molar-refractivity contribution is 0.0963. The van der Waals surface area contributed by atoms with Crippen LogP contribution in [0.4, 0.5) is 0 Å². The molecule has 2 rings (SSSR count). The Balaban J connectivity index is 1.97. The topological polar surface area (TPSA) is 84.0 Å². The second-order valence-corrected chi connectivity index (χ2v) is 6.50. The van der Waals surface area contributed by atoms with E-state index in [1.54, 1.807) is 34.4 Å². The third kappa shape index (κ3) is 6.14. The summed E-state index contributed by atoms with van der Waals surface area (Å²) in [7, 11) is 6.66. The fourth-order valence-corrected chi connectivity index (χ4v) is 2.99. The zero-order valence-electron chi connectivity index (χ0n) is 17.7. The standard InChI is InChI=1S/C22H30N4O3/c1-15(19-14-18(28-4)9-10-20(19)29-5)26-22(24-3)25-12-11-16-7-6-8-17(13-16)21(27)23-2/h6-10,13-15H,11-12H2,1-5H3,(H,23,27)(H2,24,25,26). The van der Waals surface area contributed by atoms with Crippen LogP contribution >= 0.6 is 0 Å². The van der Waals surface area contributed by atoms with Crippen LogP contribution in [0.15, 0.2) is 47.5 Å². The summed E-state index contributed by atoms with van der Waals surface area (Å²) in [6.07, 6.45) is 0.766. The zero-order valence-corrected chi connectivity index (χ0v) is 17.7. The summed E-state index contributed by atoms with van der Waals surface area (Å²) in [5.41, 5.74) is 2.72. The first-order valence-electron chi connectivity index (χ1n) is 9.52. The van der Waals surface area contributed by atoms with E-state index in [1.807, 2.05) is 43.3 Å². The minimum atomic E-state index is -0.0849. The summed E-state index contributed by atoms with van der Waals surface area (Å²) >= 11 is 0. The van der Waals surface area contributed by atoms with Crippen LogP contribution in [0.1, 0.15) is 34.5 Å². The van der Waals surface area contributed by atoms with Crippen molar-refractivity contribution in [2.24, 2.45) is 4.99 Å². The summed E-state index contributed by atoms with van der Waals surface area (Å²) in [4.78, 5) is 16.1. The molecule has 0 fully saturated rings. The van der Waals surface area contributed by atoms with Gasteiger partial charge in [-0.05, 0) is 49.2 Å². The van der Waals surface area contributed by atoms with Crippen LogP contribution in [-0.2, 0) is 6.42 Å². The molecule has 0 saturated carbocycles. The maximum absolute atomic E-state index is 11.8. The van der Waals surface area contributed by atoms with E-state index in [1.165, 1.54) is 0 Å². The second kappa shape index (κ2) is 10.9. The Morgan fingerprint density at radius 1 is 1.14 bits per heavy atom. The van der Waals surface area contributed by atoms with Crippen molar-refractivity contribution in [2.75, 3.05) is 34.9 Å². The number of amides is 1. The van der Waals surface area contributed by atoms with Gasteiger partial charge in [0.15, 0.2) is 5.96 Å². The second-order valence-electron chi connectivity index (χ2n) is 6.50. The van der Waals surface area contributed by atoms with Crippen molar-refractivity contribution >= 4 is 11.9 Å². The summed E-state index contributed by atoms with van der Waals surface area (Å²) in [6, 6.07) is 13.3. The molecule has 0 saturated heterocycles. The fraction of sp³-hybridized carbons (Fsp3) is 0.364. The van der Waals surface area contributed by atoms with Gasteiger partial charge in [0.2, 0.25) is 0 Å². The van der Waals surface area contributed by atoms with Gasteiger partial charge in [-0.3, -0.25) is 9.79 Å². The molecular formula is C22H30N4O3. The number of nitrogens with one attached hydrogen (secondary N) is 3. The van der Waals surface area contributed by atoms with Crippen LogP contribution in [0.3, 0.4) is 0 Å². The molecule has 3 N–H and O–H groups in total. The molecule has 0 aliphatic heterocycles. The number of carbonyl (C=O) groups is 1. The normalized spacial score (nSPS) is 12.1. The number of guanidine groups is 1. The van der Waals surface area contributed by atoms with Gasteiger partial charge in [0.25, 0.3) is 5.91 Å². The number of methoxy groups -OCH3 is 2. The molecule has 156 valence electrons. The molecule has 0 spiro atoms. The fourth-order valence-electron chi connectivity index (χ4n) is 2.99. The summed E-state index contributed by atoms with van der Waals surface area (Å²) in [5, 5.41) is 9.33. The average Bonchev–Trinajstić information content (AvgIpc) is 2.77. The molecular weight excluding hydrogens is 368 g/mol. The summed E-state index contributed by atoms with van der Waals surface area (Å²) < 4.78 is 10.8. The van der Waals surface area contributed by atoms with Crippen molar-refractivity contribution in [3.05, 3.63) is 59.2 Å². The molecule has 2 aromatic rings.